The Morgan fingerprint density at radius 1 is 1.15 bits per heavy atom. The van der Waals surface area contributed by atoms with Crippen molar-refractivity contribution in [1.82, 2.24) is 39.8 Å². The summed E-state index contributed by atoms with van der Waals surface area (Å²) in [5, 5.41) is 6.41. The van der Waals surface area contributed by atoms with Crippen LogP contribution in [0.3, 0.4) is 0 Å². The summed E-state index contributed by atoms with van der Waals surface area (Å²) in [6.07, 6.45) is 14.3. The number of anilines is 2. The molecule has 5 aromatic rings. The van der Waals surface area contributed by atoms with Gasteiger partial charge in [-0.15, -0.1) is 0 Å². The number of pyridine rings is 3. The van der Waals surface area contributed by atoms with E-state index in [1.54, 1.807) is 24.9 Å². The molecule has 39 heavy (non-hydrogen) atoms. The highest BCUT2D eigenvalue weighted by Crippen LogP contribution is 2.39. The summed E-state index contributed by atoms with van der Waals surface area (Å²) < 4.78 is 1.97. The summed E-state index contributed by atoms with van der Waals surface area (Å²) in [4.78, 5) is 40.8. The summed E-state index contributed by atoms with van der Waals surface area (Å²) in [5.41, 5.74) is 7.55. The summed E-state index contributed by atoms with van der Waals surface area (Å²) in [6, 6.07) is 5.97. The summed E-state index contributed by atoms with van der Waals surface area (Å²) in [7, 11) is 0. The highest BCUT2D eigenvalue weighted by atomic mass is 16.1. The minimum atomic E-state index is -0.0240. The number of carbonyl (C=O) groups excluding carboxylic acids is 1. The van der Waals surface area contributed by atoms with Crippen molar-refractivity contribution >= 4 is 34.1 Å². The SMILES string of the molecule is CCCC(=O)Nc1cncc(-c2cnc3c(c2)C(c2nc4nccc(-n5cnc(C)c5)c4[nH]2)=CNC2CN32)c1. The number of carbonyl (C=O) groups is 1. The second-order valence-corrected chi connectivity index (χ2v) is 9.78. The van der Waals surface area contributed by atoms with Gasteiger partial charge in [-0.3, -0.25) is 9.78 Å². The van der Waals surface area contributed by atoms with Crippen LogP contribution in [0.4, 0.5) is 11.5 Å². The number of fused-ring (bicyclic) bond motifs is 4. The van der Waals surface area contributed by atoms with Crippen LogP contribution >= 0.6 is 0 Å². The monoisotopic (exact) mass is 518 g/mol. The molecule has 0 bridgehead atoms. The number of hydrogen-bond donors (Lipinski definition) is 3. The minimum Gasteiger partial charge on any atom is -0.369 e. The van der Waals surface area contributed by atoms with Crippen LogP contribution in [-0.2, 0) is 4.79 Å². The minimum absolute atomic E-state index is 0.0240. The molecule has 0 radical (unpaired) electrons. The average molecular weight is 519 g/mol. The molecule has 0 saturated carbocycles. The second-order valence-electron chi connectivity index (χ2n) is 9.78. The highest BCUT2D eigenvalue weighted by molar-refractivity contribution is 5.92. The number of hydrogen-bond acceptors (Lipinski definition) is 8. The van der Waals surface area contributed by atoms with E-state index in [2.05, 4.69) is 41.5 Å². The van der Waals surface area contributed by atoms with E-state index in [0.29, 0.717) is 23.6 Å². The maximum absolute atomic E-state index is 12.1. The summed E-state index contributed by atoms with van der Waals surface area (Å²) >= 11 is 0. The van der Waals surface area contributed by atoms with Gasteiger partial charge in [0.25, 0.3) is 0 Å². The molecule has 1 amide bonds. The summed E-state index contributed by atoms with van der Waals surface area (Å²) in [6.45, 7) is 4.82. The molecule has 7 heterocycles. The number of nitrogens with zero attached hydrogens (tertiary/aromatic N) is 7. The van der Waals surface area contributed by atoms with Crippen LogP contribution in [-0.4, -0.2) is 53.1 Å². The Bertz CT molecular complexity index is 1770. The Morgan fingerprint density at radius 2 is 2.05 bits per heavy atom. The quantitative estimate of drug-likeness (QED) is 0.290. The third-order valence-corrected chi connectivity index (χ3v) is 6.91. The molecular formula is C28H26N10O. The van der Waals surface area contributed by atoms with E-state index in [-0.39, 0.29) is 12.1 Å². The number of nitrogens with one attached hydrogen (secondary N) is 3. The molecule has 0 spiro atoms. The largest absolute Gasteiger partial charge is 0.369 e. The van der Waals surface area contributed by atoms with Crippen molar-refractivity contribution in [2.45, 2.75) is 32.9 Å². The van der Waals surface area contributed by atoms with Gasteiger partial charge in [-0.25, -0.2) is 19.9 Å². The van der Waals surface area contributed by atoms with Crippen LogP contribution in [0.15, 0.2) is 61.7 Å². The fourth-order valence-electron chi connectivity index (χ4n) is 4.92. The molecule has 1 atom stereocenters. The van der Waals surface area contributed by atoms with Crippen molar-refractivity contribution in [2.75, 3.05) is 16.8 Å². The number of aromatic nitrogens is 7. The molecule has 194 valence electrons. The number of rotatable bonds is 6. The zero-order valence-electron chi connectivity index (χ0n) is 21.5. The Labute approximate surface area is 224 Å². The van der Waals surface area contributed by atoms with E-state index in [1.807, 2.05) is 49.1 Å². The van der Waals surface area contributed by atoms with Crippen LogP contribution in [0.25, 0.3) is 33.6 Å². The lowest BCUT2D eigenvalue weighted by molar-refractivity contribution is -0.116. The standard InChI is InChI=1S/C28H26N10O/c1-3-4-24(39)34-19-7-17(9-29-11-19)18-8-20-21(12-31-23-14-38(23)28(20)32-10-18)26-35-25-22(5-6-30-27(25)36-26)37-13-16(2)33-15-37/h5-13,15,23,31H,3-4,14H2,1-2H3,(H,34,39)(H,30,35,36). The first-order chi connectivity index (χ1) is 19.1. The van der Waals surface area contributed by atoms with Crippen LogP contribution in [0.1, 0.15) is 36.8 Å². The predicted octanol–water partition coefficient (Wildman–Crippen LogP) is 3.79. The van der Waals surface area contributed by atoms with Crippen LogP contribution in [0, 0.1) is 6.92 Å². The molecule has 11 heteroatoms. The lowest BCUT2D eigenvalue weighted by Crippen LogP contribution is -2.14. The van der Waals surface area contributed by atoms with Crippen molar-refractivity contribution in [1.29, 1.82) is 0 Å². The molecule has 3 N–H and O–H groups in total. The third-order valence-electron chi connectivity index (χ3n) is 6.91. The Kier molecular flexibility index (Phi) is 5.36. The van der Waals surface area contributed by atoms with Crippen molar-refractivity contribution in [3.63, 3.8) is 0 Å². The third kappa shape index (κ3) is 4.17. The maximum Gasteiger partial charge on any atom is 0.224 e. The number of aryl methyl sites for hydroxylation is 1. The highest BCUT2D eigenvalue weighted by Gasteiger charge is 2.39. The van der Waals surface area contributed by atoms with E-state index in [4.69, 9.17) is 9.97 Å². The molecule has 11 nitrogen and oxygen atoms in total. The molecular weight excluding hydrogens is 492 g/mol. The van der Waals surface area contributed by atoms with Gasteiger partial charge in [0.15, 0.2) is 5.65 Å². The van der Waals surface area contributed by atoms with Gasteiger partial charge in [-0.1, -0.05) is 6.92 Å². The molecule has 2 aliphatic heterocycles. The fourth-order valence-corrected chi connectivity index (χ4v) is 4.92. The maximum atomic E-state index is 12.1. The van der Waals surface area contributed by atoms with Crippen LogP contribution in [0.5, 0.6) is 0 Å². The first kappa shape index (κ1) is 23.1. The molecule has 5 aromatic heterocycles. The lowest BCUT2D eigenvalue weighted by Gasteiger charge is -2.13. The van der Waals surface area contributed by atoms with E-state index >= 15 is 0 Å². The van der Waals surface area contributed by atoms with Gasteiger partial charge >= 0.3 is 0 Å². The van der Waals surface area contributed by atoms with E-state index < -0.39 is 0 Å². The zero-order chi connectivity index (χ0) is 26.5. The van der Waals surface area contributed by atoms with Gasteiger partial charge in [0, 0.05) is 59.7 Å². The molecule has 0 aromatic carbocycles. The number of H-pyrrole nitrogens is 1. The molecule has 1 saturated heterocycles. The van der Waals surface area contributed by atoms with Gasteiger partial charge in [-0.2, -0.15) is 0 Å². The fraction of sp³-hybridized carbons (Fsp3) is 0.214. The van der Waals surface area contributed by atoms with E-state index in [0.717, 1.165) is 57.9 Å². The van der Waals surface area contributed by atoms with Crippen LogP contribution < -0.4 is 15.5 Å². The molecule has 1 unspecified atom stereocenters. The second kappa shape index (κ2) is 9.05. The Balaban J connectivity index is 1.30. The van der Waals surface area contributed by atoms with E-state index in [9.17, 15) is 4.79 Å². The van der Waals surface area contributed by atoms with Crippen LogP contribution in [0.2, 0.25) is 0 Å². The number of aromatic amines is 1. The predicted molar refractivity (Wildman–Crippen MR) is 148 cm³/mol. The molecule has 2 aliphatic rings. The van der Waals surface area contributed by atoms with Gasteiger partial charge in [0.05, 0.1) is 36.1 Å². The first-order valence-electron chi connectivity index (χ1n) is 12.9. The van der Waals surface area contributed by atoms with Crippen molar-refractivity contribution < 1.29 is 4.79 Å². The molecule has 1 fully saturated rings. The number of amides is 1. The smallest absolute Gasteiger partial charge is 0.224 e. The van der Waals surface area contributed by atoms with Gasteiger partial charge in [-0.05, 0) is 31.5 Å². The van der Waals surface area contributed by atoms with Gasteiger partial charge in [0.1, 0.15) is 23.3 Å². The van der Waals surface area contributed by atoms with Crippen molar-refractivity contribution in [2.24, 2.45) is 0 Å². The summed E-state index contributed by atoms with van der Waals surface area (Å²) in [5.74, 6) is 1.55. The van der Waals surface area contributed by atoms with Gasteiger partial charge < -0.3 is 25.1 Å². The van der Waals surface area contributed by atoms with Crippen molar-refractivity contribution in [3.8, 4) is 16.8 Å². The average Bonchev–Trinajstić information content (AvgIpc) is 3.41. The topological polar surface area (TPSA) is 129 Å². The first-order valence-corrected chi connectivity index (χ1v) is 12.9. The zero-order valence-corrected chi connectivity index (χ0v) is 21.5. The Hall–Kier alpha value is -5.06. The lowest BCUT2D eigenvalue weighted by atomic mass is 10.0. The molecule has 7 rings (SSSR count). The van der Waals surface area contributed by atoms with Gasteiger partial charge in [0.2, 0.25) is 5.91 Å². The molecule has 0 aliphatic carbocycles. The number of imidazole rings is 2. The van der Waals surface area contributed by atoms with Crippen molar-refractivity contribution in [3.05, 3.63) is 78.8 Å². The normalized spacial score (nSPS) is 15.7. The van der Waals surface area contributed by atoms with E-state index in [1.165, 1.54) is 0 Å². The Morgan fingerprint density at radius 3 is 2.90 bits per heavy atom.